The van der Waals surface area contributed by atoms with Crippen LogP contribution in [0.4, 0.5) is 4.39 Å². The Balaban J connectivity index is 2.26. The Labute approximate surface area is 93.9 Å². The molecule has 0 saturated carbocycles. The van der Waals surface area contributed by atoms with E-state index in [1.54, 1.807) is 6.08 Å². The molecule has 0 atom stereocenters. The van der Waals surface area contributed by atoms with E-state index < -0.39 is 0 Å². The summed E-state index contributed by atoms with van der Waals surface area (Å²) in [4.78, 5) is 11.2. The summed E-state index contributed by atoms with van der Waals surface area (Å²) >= 11 is 0. The molecule has 0 saturated heterocycles. The van der Waals surface area contributed by atoms with Gasteiger partial charge in [-0.25, -0.2) is 4.39 Å². The van der Waals surface area contributed by atoms with E-state index in [1.807, 2.05) is 0 Å². The summed E-state index contributed by atoms with van der Waals surface area (Å²) in [5.74, 6) is -0.0609. The van der Waals surface area contributed by atoms with Crippen molar-refractivity contribution < 1.29 is 13.9 Å². The van der Waals surface area contributed by atoms with Crippen LogP contribution in [0, 0.1) is 5.82 Å². The fourth-order valence-corrected chi connectivity index (χ4v) is 1.04. The monoisotopic (exact) mass is 223 g/mol. The van der Waals surface area contributed by atoms with Crippen molar-refractivity contribution in [2.75, 3.05) is 13.2 Å². The smallest absolute Gasteiger partial charge is 0.257 e. The van der Waals surface area contributed by atoms with Gasteiger partial charge in [0.05, 0.1) is 0 Å². The lowest BCUT2D eigenvalue weighted by atomic mass is 10.3. The van der Waals surface area contributed by atoms with Crippen LogP contribution in [0.25, 0.3) is 0 Å². The van der Waals surface area contributed by atoms with Gasteiger partial charge >= 0.3 is 0 Å². The number of halogens is 1. The third kappa shape index (κ3) is 4.59. The number of ether oxygens (including phenoxy) is 1. The summed E-state index contributed by atoms with van der Waals surface area (Å²) in [6.45, 7) is 4.03. The molecular formula is C12H14FNO2. The summed E-state index contributed by atoms with van der Waals surface area (Å²) in [7, 11) is 0. The Kier molecular flexibility index (Phi) is 5.05. The second-order valence-corrected chi connectivity index (χ2v) is 3.17. The summed E-state index contributed by atoms with van der Waals surface area (Å²) in [6, 6.07) is 5.52. The van der Waals surface area contributed by atoms with Crippen LogP contribution in [-0.2, 0) is 4.79 Å². The molecule has 16 heavy (non-hydrogen) atoms. The molecule has 3 nitrogen and oxygen atoms in total. The highest BCUT2D eigenvalue weighted by atomic mass is 19.1. The Morgan fingerprint density at radius 2 is 2.12 bits per heavy atom. The predicted octanol–water partition coefficient (Wildman–Crippen LogP) is 1.90. The molecule has 1 amide bonds. The third-order valence-corrected chi connectivity index (χ3v) is 1.85. The van der Waals surface area contributed by atoms with Gasteiger partial charge in [-0.05, 0) is 30.7 Å². The zero-order chi connectivity index (χ0) is 11.8. The number of carbonyl (C=O) groups excluding carboxylic acids is 1. The molecule has 1 aromatic rings. The van der Waals surface area contributed by atoms with E-state index in [2.05, 4.69) is 11.9 Å². The number of carbonyl (C=O) groups is 1. The number of benzene rings is 1. The second-order valence-electron chi connectivity index (χ2n) is 3.17. The van der Waals surface area contributed by atoms with Crippen LogP contribution in [-0.4, -0.2) is 19.1 Å². The maximum Gasteiger partial charge on any atom is 0.257 e. The maximum absolute atomic E-state index is 12.5. The van der Waals surface area contributed by atoms with E-state index in [0.29, 0.717) is 12.3 Å². The van der Waals surface area contributed by atoms with Gasteiger partial charge in [0.25, 0.3) is 5.91 Å². The average Bonchev–Trinajstić information content (AvgIpc) is 2.29. The maximum atomic E-state index is 12.5. The lowest BCUT2D eigenvalue weighted by Crippen LogP contribution is -2.29. The minimum Gasteiger partial charge on any atom is -0.484 e. The van der Waals surface area contributed by atoms with E-state index in [4.69, 9.17) is 4.74 Å². The van der Waals surface area contributed by atoms with Gasteiger partial charge < -0.3 is 10.1 Å². The molecule has 0 aromatic heterocycles. The van der Waals surface area contributed by atoms with Gasteiger partial charge in [0.1, 0.15) is 11.6 Å². The van der Waals surface area contributed by atoms with Crippen molar-refractivity contribution in [3.05, 3.63) is 42.7 Å². The lowest BCUT2D eigenvalue weighted by molar-refractivity contribution is -0.123. The average molecular weight is 223 g/mol. The Hall–Kier alpha value is -1.84. The molecule has 0 spiro atoms. The van der Waals surface area contributed by atoms with Crippen molar-refractivity contribution in [2.45, 2.75) is 6.42 Å². The molecule has 4 heteroatoms. The predicted molar refractivity (Wildman–Crippen MR) is 59.7 cm³/mol. The lowest BCUT2D eigenvalue weighted by Gasteiger charge is -2.06. The third-order valence-electron chi connectivity index (χ3n) is 1.85. The highest BCUT2D eigenvalue weighted by Crippen LogP contribution is 2.10. The van der Waals surface area contributed by atoms with E-state index in [0.717, 1.165) is 6.42 Å². The largest absolute Gasteiger partial charge is 0.484 e. The van der Waals surface area contributed by atoms with Crippen LogP contribution < -0.4 is 10.1 Å². The molecule has 0 fully saturated rings. The normalized spacial score (nSPS) is 9.56. The first kappa shape index (κ1) is 12.2. The van der Waals surface area contributed by atoms with Gasteiger partial charge in [0, 0.05) is 6.54 Å². The second kappa shape index (κ2) is 6.61. The molecule has 0 aliphatic rings. The zero-order valence-corrected chi connectivity index (χ0v) is 8.91. The zero-order valence-electron chi connectivity index (χ0n) is 8.91. The van der Waals surface area contributed by atoms with Crippen molar-refractivity contribution >= 4 is 5.91 Å². The topological polar surface area (TPSA) is 38.3 Å². The molecule has 0 bridgehead atoms. The molecule has 0 radical (unpaired) electrons. The minimum atomic E-state index is -0.331. The summed E-state index contributed by atoms with van der Waals surface area (Å²) in [6.07, 6.45) is 2.45. The van der Waals surface area contributed by atoms with Crippen LogP contribution in [0.1, 0.15) is 6.42 Å². The highest BCUT2D eigenvalue weighted by molar-refractivity contribution is 5.77. The van der Waals surface area contributed by atoms with E-state index in [1.165, 1.54) is 24.3 Å². The number of rotatable bonds is 6. The van der Waals surface area contributed by atoms with Crippen molar-refractivity contribution in [3.63, 3.8) is 0 Å². The summed E-state index contributed by atoms with van der Waals surface area (Å²) in [5, 5.41) is 2.66. The Morgan fingerprint density at radius 1 is 1.44 bits per heavy atom. The van der Waals surface area contributed by atoms with Gasteiger partial charge in [0.2, 0.25) is 0 Å². The first-order valence-corrected chi connectivity index (χ1v) is 4.98. The standard InChI is InChI=1S/C12H14FNO2/c1-2-3-8-14-12(15)9-16-11-6-4-10(13)5-7-11/h2,4-7H,1,3,8-9H2,(H,14,15). The fourth-order valence-electron chi connectivity index (χ4n) is 1.04. The molecule has 0 aliphatic carbocycles. The van der Waals surface area contributed by atoms with E-state index >= 15 is 0 Å². The van der Waals surface area contributed by atoms with Gasteiger partial charge in [-0.3, -0.25) is 4.79 Å². The number of amides is 1. The number of nitrogens with one attached hydrogen (secondary N) is 1. The Bertz CT molecular complexity index is 349. The molecular weight excluding hydrogens is 209 g/mol. The summed E-state index contributed by atoms with van der Waals surface area (Å²) < 4.78 is 17.7. The van der Waals surface area contributed by atoms with Gasteiger partial charge in [-0.15, -0.1) is 6.58 Å². The van der Waals surface area contributed by atoms with Crippen molar-refractivity contribution in [1.82, 2.24) is 5.32 Å². The van der Waals surface area contributed by atoms with E-state index in [-0.39, 0.29) is 18.3 Å². The first-order chi connectivity index (χ1) is 7.72. The van der Waals surface area contributed by atoms with Gasteiger partial charge in [-0.1, -0.05) is 6.08 Å². The molecule has 1 N–H and O–H groups in total. The van der Waals surface area contributed by atoms with Crippen LogP contribution in [0.15, 0.2) is 36.9 Å². The quantitative estimate of drug-likeness (QED) is 0.591. The van der Waals surface area contributed by atoms with Crippen LogP contribution >= 0.6 is 0 Å². The number of hydrogen-bond acceptors (Lipinski definition) is 2. The molecule has 0 unspecified atom stereocenters. The first-order valence-electron chi connectivity index (χ1n) is 4.98. The molecule has 1 rings (SSSR count). The summed E-state index contributed by atoms with van der Waals surface area (Å²) in [5.41, 5.74) is 0. The highest BCUT2D eigenvalue weighted by Gasteiger charge is 2.01. The van der Waals surface area contributed by atoms with E-state index in [9.17, 15) is 9.18 Å². The minimum absolute atomic E-state index is 0.0667. The SMILES string of the molecule is C=CCCNC(=O)COc1ccc(F)cc1. The molecule has 86 valence electrons. The van der Waals surface area contributed by atoms with Gasteiger partial charge in [0.15, 0.2) is 6.61 Å². The van der Waals surface area contributed by atoms with Crippen molar-refractivity contribution in [2.24, 2.45) is 0 Å². The molecule has 1 aromatic carbocycles. The number of hydrogen-bond donors (Lipinski definition) is 1. The van der Waals surface area contributed by atoms with Crippen LogP contribution in [0.5, 0.6) is 5.75 Å². The van der Waals surface area contributed by atoms with Gasteiger partial charge in [-0.2, -0.15) is 0 Å². The van der Waals surface area contributed by atoms with Crippen molar-refractivity contribution in [3.8, 4) is 5.75 Å². The van der Waals surface area contributed by atoms with Crippen molar-refractivity contribution in [1.29, 1.82) is 0 Å². The fraction of sp³-hybridized carbons (Fsp3) is 0.250. The van der Waals surface area contributed by atoms with Crippen LogP contribution in [0.3, 0.4) is 0 Å². The molecule has 0 heterocycles. The van der Waals surface area contributed by atoms with Crippen LogP contribution in [0.2, 0.25) is 0 Å². The Morgan fingerprint density at radius 3 is 2.75 bits per heavy atom. The molecule has 0 aliphatic heterocycles.